The van der Waals surface area contributed by atoms with E-state index in [0.717, 1.165) is 18.8 Å². The predicted octanol–water partition coefficient (Wildman–Crippen LogP) is 3.78. The molecule has 0 aliphatic heterocycles. The summed E-state index contributed by atoms with van der Waals surface area (Å²) in [5.41, 5.74) is 6.23. The number of carbonyl (C=O) groups is 1. The summed E-state index contributed by atoms with van der Waals surface area (Å²) in [7, 11) is 0. The number of hydrogen-bond acceptors (Lipinski definition) is 4. The van der Waals surface area contributed by atoms with Crippen LogP contribution in [-0.4, -0.2) is 22.5 Å². The molecule has 4 nitrogen and oxygen atoms in total. The third kappa shape index (κ3) is 6.43. The van der Waals surface area contributed by atoms with Crippen LogP contribution in [-0.2, 0) is 9.53 Å². The minimum absolute atomic E-state index is 0. The van der Waals surface area contributed by atoms with Crippen molar-refractivity contribution < 1.29 is 9.53 Å². The predicted molar refractivity (Wildman–Crippen MR) is 97.8 cm³/mol. The Morgan fingerprint density at radius 1 is 1.35 bits per heavy atom. The largest absolute Gasteiger partial charge is 0.465 e. The van der Waals surface area contributed by atoms with Crippen molar-refractivity contribution in [2.75, 3.05) is 6.61 Å². The molecule has 0 spiro atoms. The van der Waals surface area contributed by atoms with E-state index >= 15 is 0 Å². The molecule has 1 unspecified atom stereocenters. The number of nitrogens with two attached hydrogens (primary N) is 1. The lowest BCUT2D eigenvalue weighted by Gasteiger charge is -2.21. The molecule has 23 heavy (non-hydrogen) atoms. The van der Waals surface area contributed by atoms with Gasteiger partial charge in [-0.2, -0.15) is 0 Å². The first-order valence-corrected chi connectivity index (χ1v) is 8.46. The van der Waals surface area contributed by atoms with Gasteiger partial charge in [0.2, 0.25) is 0 Å². The summed E-state index contributed by atoms with van der Waals surface area (Å²) in [5, 5.41) is 0. The van der Waals surface area contributed by atoms with Crippen LogP contribution < -0.4 is 5.73 Å². The van der Waals surface area contributed by atoms with Gasteiger partial charge in [0, 0.05) is 6.20 Å². The summed E-state index contributed by atoms with van der Waals surface area (Å²) in [5.74, 6) is -0.338. The van der Waals surface area contributed by atoms with Crippen LogP contribution in [0.3, 0.4) is 0 Å². The highest BCUT2D eigenvalue weighted by Gasteiger charge is 2.26. The molecular weight excluding hydrogens is 332 g/mol. The van der Waals surface area contributed by atoms with Gasteiger partial charge in [-0.25, -0.2) is 0 Å². The zero-order chi connectivity index (χ0) is 15.8. The molecule has 1 heterocycles. The zero-order valence-corrected chi connectivity index (χ0v) is 14.9. The van der Waals surface area contributed by atoms with Crippen LogP contribution in [0.2, 0.25) is 0 Å². The summed E-state index contributed by atoms with van der Waals surface area (Å²) in [6.45, 7) is 0.432. The molecule has 1 aliphatic carbocycles. The zero-order valence-electron chi connectivity index (χ0n) is 13.3. The van der Waals surface area contributed by atoms with E-state index < -0.39 is 11.9 Å². The lowest BCUT2D eigenvalue weighted by Crippen LogP contribution is -2.29. The van der Waals surface area contributed by atoms with Crippen molar-refractivity contribution in [3.8, 4) is 0 Å². The maximum atomic E-state index is 12.2. The highest BCUT2D eigenvalue weighted by atomic mass is 35.5. The minimum atomic E-state index is -0.745. The van der Waals surface area contributed by atoms with Crippen molar-refractivity contribution in [3.05, 3.63) is 30.1 Å². The number of hydrogen-bond donors (Lipinski definition) is 1. The van der Waals surface area contributed by atoms with E-state index in [0.29, 0.717) is 12.3 Å². The van der Waals surface area contributed by atoms with Crippen LogP contribution in [0.5, 0.6) is 0 Å². The van der Waals surface area contributed by atoms with Crippen molar-refractivity contribution in [3.63, 3.8) is 0 Å². The average Bonchev–Trinajstić information content (AvgIpc) is 2.53. The van der Waals surface area contributed by atoms with Crippen LogP contribution in [0.1, 0.15) is 56.6 Å². The third-order valence-corrected chi connectivity index (χ3v) is 4.47. The summed E-state index contributed by atoms with van der Waals surface area (Å²) < 4.78 is 5.36. The fourth-order valence-electron chi connectivity index (χ4n) is 3.03. The summed E-state index contributed by atoms with van der Waals surface area (Å²) in [4.78, 5) is 16.5. The topological polar surface area (TPSA) is 65.2 Å². The quantitative estimate of drug-likeness (QED) is 0.457. The number of esters is 1. The number of pyridine rings is 1. The van der Waals surface area contributed by atoms with Crippen molar-refractivity contribution >= 4 is 35.6 Å². The molecule has 2 rings (SSSR count). The van der Waals surface area contributed by atoms with E-state index in [4.69, 9.17) is 22.7 Å². The van der Waals surface area contributed by atoms with Crippen molar-refractivity contribution in [2.45, 2.75) is 50.9 Å². The number of carbonyl (C=O) groups excluding carboxylic acids is 1. The van der Waals surface area contributed by atoms with Crippen LogP contribution in [0.25, 0.3) is 0 Å². The summed E-state index contributed by atoms with van der Waals surface area (Å²) in [6, 6.07) is 5.34. The van der Waals surface area contributed by atoms with Crippen LogP contribution in [0.15, 0.2) is 24.4 Å². The first kappa shape index (κ1) is 19.8. The van der Waals surface area contributed by atoms with E-state index in [1.54, 1.807) is 18.3 Å². The van der Waals surface area contributed by atoms with Crippen molar-refractivity contribution in [1.82, 2.24) is 4.98 Å². The number of nitrogens with zero attached hydrogens (tertiary/aromatic N) is 1. The van der Waals surface area contributed by atoms with Gasteiger partial charge >= 0.3 is 5.97 Å². The lowest BCUT2D eigenvalue weighted by molar-refractivity contribution is -0.143. The molecule has 0 saturated heterocycles. The summed E-state index contributed by atoms with van der Waals surface area (Å²) >= 11 is 4.99. The molecule has 1 atom stereocenters. The second kappa shape index (κ2) is 10.6. The molecular formula is C17H25ClN2O2S. The Morgan fingerprint density at radius 3 is 2.70 bits per heavy atom. The molecule has 0 amide bonds. The van der Waals surface area contributed by atoms with Gasteiger partial charge in [0.1, 0.15) is 5.92 Å². The second-order valence-corrected chi connectivity index (χ2v) is 6.38. The molecule has 1 fully saturated rings. The molecule has 1 aromatic heterocycles. The number of aromatic nitrogens is 1. The SMILES string of the molecule is Cl.NC(=S)C(C(=O)OCCCC1CCCCC1)c1ccccn1. The Morgan fingerprint density at radius 2 is 2.09 bits per heavy atom. The van der Waals surface area contributed by atoms with Crippen LogP contribution in [0.4, 0.5) is 0 Å². The number of halogens is 1. The van der Waals surface area contributed by atoms with E-state index in [2.05, 4.69) is 4.98 Å². The Balaban J connectivity index is 0.00000264. The van der Waals surface area contributed by atoms with E-state index in [1.165, 1.54) is 32.1 Å². The van der Waals surface area contributed by atoms with Gasteiger partial charge in [-0.3, -0.25) is 9.78 Å². The molecule has 128 valence electrons. The molecule has 1 aromatic rings. The van der Waals surface area contributed by atoms with Crippen molar-refractivity contribution in [1.29, 1.82) is 0 Å². The van der Waals surface area contributed by atoms with Gasteiger partial charge < -0.3 is 10.5 Å². The van der Waals surface area contributed by atoms with Gasteiger partial charge in [-0.05, 0) is 30.9 Å². The van der Waals surface area contributed by atoms with Crippen LogP contribution in [0, 0.1) is 5.92 Å². The van der Waals surface area contributed by atoms with Gasteiger partial charge in [-0.1, -0.05) is 50.4 Å². The lowest BCUT2D eigenvalue weighted by atomic mass is 9.86. The second-order valence-electron chi connectivity index (χ2n) is 5.90. The Hall–Kier alpha value is -1.20. The van der Waals surface area contributed by atoms with E-state index in [9.17, 15) is 4.79 Å². The fraction of sp³-hybridized carbons (Fsp3) is 0.588. The smallest absolute Gasteiger partial charge is 0.321 e. The highest BCUT2D eigenvalue weighted by Crippen LogP contribution is 2.27. The first-order chi connectivity index (χ1) is 10.7. The molecule has 1 aliphatic rings. The maximum absolute atomic E-state index is 12.2. The van der Waals surface area contributed by atoms with Gasteiger partial charge in [0.15, 0.2) is 0 Å². The number of ether oxygens (including phenoxy) is 1. The third-order valence-electron chi connectivity index (χ3n) is 4.23. The van der Waals surface area contributed by atoms with Crippen LogP contribution >= 0.6 is 24.6 Å². The van der Waals surface area contributed by atoms with E-state index in [-0.39, 0.29) is 17.4 Å². The molecule has 0 radical (unpaired) electrons. The Kier molecular flexibility index (Phi) is 9.10. The first-order valence-electron chi connectivity index (χ1n) is 8.05. The Bertz CT molecular complexity index is 493. The number of thiocarbonyl (C=S) groups is 1. The van der Waals surface area contributed by atoms with Crippen molar-refractivity contribution in [2.24, 2.45) is 11.7 Å². The molecule has 2 N–H and O–H groups in total. The summed E-state index contributed by atoms with van der Waals surface area (Å²) in [6.07, 6.45) is 10.3. The Labute approximate surface area is 149 Å². The molecule has 0 bridgehead atoms. The van der Waals surface area contributed by atoms with Gasteiger partial charge in [0.25, 0.3) is 0 Å². The highest BCUT2D eigenvalue weighted by molar-refractivity contribution is 7.80. The van der Waals surface area contributed by atoms with Gasteiger partial charge in [-0.15, -0.1) is 12.4 Å². The maximum Gasteiger partial charge on any atom is 0.321 e. The van der Waals surface area contributed by atoms with Gasteiger partial charge in [0.05, 0.1) is 17.3 Å². The molecule has 6 heteroatoms. The monoisotopic (exact) mass is 356 g/mol. The number of rotatable bonds is 7. The minimum Gasteiger partial charge on any atom is -0.465 e. The van der Waals surface area contributed by atoms with E-state index in [1.807, 2.05) is 6.07 Å². The standard InChI is InChI=1S/C17H24N2O2S.ClH/c18-16(22)15(14-10-4-5-11-19-14)17(20)21-12-6-9-13-7-2-1-3-8-13;/h4-5,10-11,13,15H,1-3,6-9,12H2,(H2,18,22);1H. The molecule has 0 aromatic carbocycles. The fourth-order valence-corrected chi connectivity index (χ4v) is 3.25. The normalized spacial score (nSPS) is 16.2. The molecule has 1 saturated carbocycles. The average molecular weight is 357 g/mol.